The fourth-order valence-electron chi connectivity index (χ4n) is 2.79. The van der Waals surface area contributed by atoms with Crippen molar-refractivity contribution in [3.8, 4) is 0 Å². The van der Waals surface area contributed by atoms with Crippen molar-refractivity contribution >= 4 is 23.4 Å². The molecule has 0 spiro atoms. The van der Waals surface area contributed by atoms with Crippen LogP contribution in [0.1, 0.15) is 31.2 Å². The smallest absolute Gasteiger partial charge is 0.416 e. The molecule has 0 atom stereocenters. The Balaban J connectivity index is 2.14. The standard InChI is InChI=1S/C17H22F3N3O3/c1-26-16(25)21-8-7-15(24)22-13-11-12(17(18,19)20)5-6-14(13)23-9-3-2-4-10-23/h5-6,11H,2-4,7-10H2,1H3,(H,21,25)(H,22,24). The minimum absolute atomic E-state index is 0.0243. The van der Waals surface area contributed by atoms with Crippen LogP contribution in [0.2, 0.25) is 0 Å². The molecule has 144 valence electrons. The fourth-order valence-corrected chi connectivity index (χ4v) is 2.79. The zero-order valence-corrected chi connectivity index (χ0v) is 14.5. The van der Waals surface area contributed by atoms with Crippen LogP contribution >= 0.6 is 0 Å². The van der Waals surface area contributed by atoms with Crippen LogP contribution in [0.5, 0.6) is 0 Å². The average Bonchev–Trinajstić information content (AvgIpc) is 2.61. The van der Waals surface area contributed by atoms with Gasteiger partial charge in [0, 0.05) is 26.1 Å². The first-order valence-electron chi connectivity index (χ1n) is 8.39. The number of rotatable bonds is 5. The second-order valence-electron chi connectivity index (χ2n) is 5.99. The molecule has 9 heteroatoms. The minimum Gasteiger partial charge on any atom is -0.453 e. The SMILES string of the molecule is COC(=O)NCCC(=O)Nc1cc(C(F)(F)F)ccc1N1CCCCC1. The number of benzene rings is 1. The Morgan fingerprint density at radius 1 is 1.19 bits per heavy atom. The van der Waals surface area contributed by atoms with Gasteiger partial charge in [0.1, 0.15) is 0 Å². The van der Waals surface area contributed by atoms with Gasteiger partial charge in [-0.15, -0.1) is 0 Å². The van der Waals surface area contributed by atoms with Crippen molar-refractivity contribution in [1.82, 2.24) is 5.32 Å². The normalized spacial score (nSPS) is 14.7. The number of nitrogens with zero attached hydrogens (tertiary/aromatic N) is 1. The Labute approximate surface area is 149 Å². The molecule has 0 aliphatic carbocycles. The molecule has 2 amide bonds. The molecule has 0 unspecified atom stereocenters. The van der Waals surface area contributed by atoms with E-state index in [1.54, 1.807) is 0 Å². The predicted molar refractivity (Wildman–Crippen MR) is 91.2 cm³/mol. The lowest BCUT2D eigenvalue weighted by molar-refractivity contribution is -0.137. The highest BCUT2D eigenvalue weighted by Gasteiger charge is 2.31. The maximum absolute atomic E-state index is 13.0. The monoisotopic (exact) mass is 373 g/mol. The van der Waals surface area contributed by atoms with Crippen LogP contribution in [-0.4, -0.2) is 38.7 Å². The second kappa shape index (κ2) is 8.77. The van der Waals surface area contributed by atoms with Crippen LogP contribution in [0.4, 0.5) is 29.3 Å². The van der Waals surface area contributed by atoms with Crippen LogP contribution in [0.25, 0.3) is 0 Å². The number of nitrogens with one attached hydrogen (secondary N) is 2. The number of carbonyl (C=O) groups is 2. The molecule has 1 aliphatic rings. The third kappa shape index (κ3) is 5.53. The number of alkyl carbamates (subject to hydrolysis) is 1. The number of carbonyl (C=O) groups excluding carboxylic acids is 2. The number of alkyl halides is 3. The Bertz CT molecular complexity index is 644. The van der Waals surface area contributed by atoms with Gasteiger partial charge in [-0.3, -0.25) is 4.79 Å². The lowest BCUT2D eigenvalue weighted by Crippen LogP contribution is -2.31. The summed E-state index contributed by atoms with van der Waals surface area (Å²) in [4.78, 5) is 25.0. The zero-order chi connectivity index (χ0) is 19.2. The number of halogens is 3. The van der Waals surface area contributed by atoms with E-state index in [0.717, 1.165) is 44.5 Å². The molecule has 0 bridgehead atoms. The van der Waals surface area contributed by atoms with Crippen LogP contribution in [0, 0.1) is 0 Å². The van der Waals surface area contributed by atoms with Crippen molar-refractivity contribution in [2.75, 3.05) is 37.0 Å². The van der Waals surface area contributed by atoms with Crippen LogP contribution in [-0.2, 0) is 15.7 Å². The Morgan fingerprint density at radius 2 is 1.88 bits per heavy atom. The Morgan fingerprint density at radius 3 is 2.50 bits per heavy atom. The topological polar surface area (TPSA) is 70.7 Å². The molecular weight excluding hydrogens is 351 g/mol. The van der Waals surface area contributed by atoms with Gasteiger partial charge < -0.3 is 20.3 Å². The molecule has 6 nitrogen and oxygen atoms in total. The third-order valence-electron chi connectivity index (χ3n) is 4.10. The number of piperidine rings is 1. The predicted octanol–water partition coefficient (Wildman–Crippen LogP) is 3.38. The van der Waals surface area contributed by atoms with Gasteiger partial charge in [0.25, 0.3) is 0 Å². The van der Waals surface area contributed by atoms with Crippen molar-refractivity contribution in [3.63, 3.8) is 0 Å². The summed E-state index contributed by atoms with van der Waals surface area (Å²) in [6.07, 6.45) is -2.25. The van der Waals surface area contributed by atoms with Gasteiger partial charge in [-0.25, -0.2) is 4.79 Å². The molecule has 0 radical (unpaired) electrons. The van der Waals surface area contributed by atoms with Gasteiger partial charge in [0.15, 0.2) is 0 Å². The maximum atomic E-state index is 13.0. The van der Waals surface area contributed by atoms with E-state index >= 15 is 0 Å². The lowest BCUT2D eigenvalue weighted by Gasteiger charge is -2.31. The van der Waals surface area contributed by atoms with E-state index in [1.807, 2.05) is 4.90 Å². The quantitative estimate of drug-likeness (QED) is 0.830. The minimum atomic E-state index is -4.49. The molecule has 1 aromatic rings. The van der Waals surface area contributed by atoms with Crippen molar-refractivity contribution < 1.29 is 27.5 Å². The molecule has 1 saturated heterocycles. The summed E-state index contributed by atoms with van der Waals surface area (Å²) >= 11 is 0. The second-order valence-corrected chi connectivity index (χ2v) is 5.99. The first kappa shape index (κ1) is 19.9. The maximum Gasteiger partial charge on any atom is 0.416 e. The summed E-state index contributed by atoms with van der Waals surface area (Å²) < 4.78 is 43.5. The summed E-state index contributed by atoms with van der Waals surface area (Å²) in [7, 11) is 1.20. The molecular formula is C17H22F3N3O3. The summed E-state index contributed by atoms with van der Waals surface area (Å²) in [6.45, 7) is 1.49. The van der Waals surface area contributed by atoms with E-state index in [-0.39, 0.29) is 18.7 Å². The first-order chi connectivity index (χ1) is 12.3. The van der Waals surface area contributed by atoms with E-state index in [9.17, 15) is 22.8 Å². The van der Waals surface area contributed by atoms with Gasteiger partial charge in [0.2, 0.25) is 5.91 Å². The number of ether oxygens (including phenoxy) is 1. The Hall–Kier alpha value is -2.45. The highest BCUT2D eigenvalue weighted by atomic mass is 19.4. The molecule has 0 aromatic heterocycles. The molecule has 1 fully saturated rings. The Kier molecular flexibility index (Phi) is 6.70. The van der Waals surface area contributed by atoms with Gasteiger partial charge in [-0.1, -0.05) is 0 Å². The van der Waals surface area contributed by atoms with E-state index in [4.69, 9.17) is 0 Å². The molecule has 1 heterocycles. The summed E-state index contributed by atoms with van der Waals surface area (Å²) in [5.74, 6) is -0.487. The van der Waals surface area contributed by atoms with Crippen LogP contribution in [0.3, 0.4) is 0 Å². The molecule has 1 aromatic carbocycles. The van der Waals surface area contributed by atoms with Crippen LogP contribution in [0.15, 0.2) is 18.2 Å². The van der Waals surface area contributed by atoms with Crippen molar-refractivity contribution in [3.05, 3.63) is 23.8 Å². The van der Waals surface area contributed by atoms with E-state index in [2.05, 4.69) is 15.4 Å². The molecule has 0 saturated carbocycles. The van der Waals surface area contributed by atoms with E-state index in [0.29, 0.717) is 5.69 Å². The van der Waals surface area contributed by atoms with Crippen LogP contribution < -0.4 is 15.5 Å². The number of hydrogen-bond acceptors (Lipinski definition) is 4. The van der Waals surface area contributed by atoms with Gasteiger partial charge in [0.05, 0.1) is 24.0 Å². The summed E-state index contributed by atoms with van der Waals surface area (Å²) in [5, 5.41) is 4.89. The summed E-state index contributed by atoms with van der Waals surface area (Å²) in [5.41, 5.74) is -0.113. The van der Waals surface area contributed by atoms with E-state index < -0.39 is 23.7 Å². The summed E-state index contributed by atoms with van der Waals surface area (Å²) in [6, 6.07) is 3.38. The molecule has 1 aliphatic heterocycles. The number of anilines is 2. The van der Waals surface area contributed by atoms with Gasteiger partial charge in [-0.2, -0.15) is 13.2 Å². The van der Waals surface area contributed by atoms with Gasteiger partial charge >= 0.3 is 12.3 Å². The van der Waals surface area contributed by atoms with Gasteiger partial charge in [-0.05, 0) is 37.5 Å². The number of methoxy groups -OCH3 is 1. The highest BCUT2D eigenvalue weighted by molar-refractivity contribution is 5.94. The first-order valence-corrected chi connectivity index (χ1v) is 8.39. The number of hydrogen-bond donors (Lipinski definition) is 2. The lowest BCUT2D eigenvalue weighted by atomic mass is 10.1. The fraction of sp³-hybridized carbons (Fsp3) is 0.529. The number of amides is 2. The highest BCUT2D eigenvalue weighted by Crippen LogP contribution is 2.36. The van der Waals surface area contributed by atoms with Crippen molar-refractivity contribution in [1.29, 1.82) is 0 Å². The van der Waals surface area contributed by atoms with Crippen molar-refractivity contribution in [2.45, 2.75) is 31.9 Å². The molecule has 26 heavy (non-hydrogen) atoms. The average molecular weight is 373 g/mol. The zero-order valence-electron chi connectivity index (χ0n) is 14.5. The van der Waals surface area contributed by atoms with E-state index in [1.165, 1.54) is 13.2 Å². The molecule has 2 rings (SSSR count). The van der Waals surface area contributed by atoms with Crippen molar-refractivity contribution in [2.24, 2.45) is 0 Å². The largest absolute Gasteiger partial charge is 0.453 e. The molecule has 2 N–H and O–H groups in total. The third-order valence-corrected chi connectivity index (χ3v) is 4.10.